The van der Waals surface area contributed by atoms with Crippen molar-refractivity contribution in [3.63, 3.8) is 0 Å². The molecular weight excluding hydrogens is 196 g/mol. The van der Waals surface area contributed by atoms with Crippen molar-refractivity contribution >= 4 is 11.9 Å². The third-order valence-electron chi connectivity index (χ3n) is 2.20. The Morgan fingerprint density at radius 3 is 2.67 bits per heavy atom. The van der Waals surface area contributed by atoms with Crippen LogP contribution in [0.3, 0.4) is 0 Å². The molecule has 0 amide bonds. The van der Waals surface area contributed by atoms with Gasteiger partial charge in [0.15, 0.2) is 0 Å². The van der Waals surface area contributed by atoms with Crippen LogP contribution in [0.1, 0.15) is 0 Å². The van der Waals surface area contributed by atoms with Gasteiger partial charge in [-0.3, -0.25) is 0 Å². The van der Waals surface area contributed by atoms with E-state index in [2.05, 4.69) is 25.2 Å². The molecule has 1 fully saturated rings. The maximum Gasteiger partial charge on any atom is 0.322 e. The molecule has 0 saturated carbocycles. The summed E-state index contributed by atoms with van der Waals surface area (Å²) >= 11 is 0. The van der Waals surface area contributed by atoms with Gasteiger partial charge in [-0.2, -0.15) is 15.0 Å². The predicted octanol–water partition coefficient (Wildman–Crippen LogP) is -1.13. The molecule has 2 rings (SSSR count). The quantitative estimate of drug-likeness (QED) is 0.638. The number of hydrogen-bond donors (Lipinski definition) is 2. The van der Waals surface area contributed by atoms with Crippen molar-refractivity contribution < 1.29 is 4.74 Å². The number of rotatable bonds is 2. The van der Waals surface area contributed by atoms with Gasteiger partial charge in [-0.25, -0.2) is 0 Å². The fourth-order valence-electron chi connectivity index (χ4n) is 1.46. The Balaban J connectivity index is 2.22. The van der Waals surface area contributed by atoms with Gasteiger partial charge in [-0.15, -0.1) is 0 Å². The van der Waals surface area contributed by atoms with Crippen LogP contribution in [-0.2, 0) is 0 Å². The first-order valence-corrected chi connectivity index (χ1v) is 4.81. The van der Waals surface area contributed by atoms with Crippen molar-refractivity contribution in [2.75, 3.05) is 43.9 Å². The zero-order valence-electron chi connectivity index (χ0n) is 8.60. The highest BCUT2D eigenvalue weighted by molar-refractivity contribution is 5.36. The van der Waals surface area contributed by atoms with Crippen LogP contribution in [0.5, 0.6) is 6.01 Å². The Labute approximate surface area is 87.7 Å². The zero-order valence-corrected chi connectivity index (χ0v) is 8.60. The van der Waals surface area contributed by atoms with Crippen molar-refractivity contribution in [3.05, 3.63) is 0 Å². The van der Waals surface area contributed by atoms with Gasteiger partial charge in [0, 0.05) is 26.2 Å². The lowest BCUT2D eigenvalue weighted by Gasteiger charge is -2.27. The molecule has 1 aliphatic rings. The molecule has 0 aromatic carbocycles. The van der Waals surface area contributed by atoms with Crippen LogP contribution in [0.2, 0.25) is 0 Å². The molecule has 7 heteroatoms. The van der Waals surface area contributed by atoms with E-state index in [0.29, 0.717) is 5.95 Å². The average Bonchev–Trinajstić information content (AvgIpc) is 2.29. The van der Waals surface area contributed by atoms with E-state index in [1.54, 1.807) is 0 Å². The molecule has 1 aromatic heterocycles. The van der Waals surface area contributed by atoms with E-state index in [4.69, 9.17) is 10.5 Å². The Bertz CT molecular complexity index is 338. The van der Waals surface area contributed by atoms with E-state index in [0.717, 1.165) is 26.2 Å². The number of methoxy groups -OCH3 is 1. The molecule has 2 heterocycles. The van der Waals surface area contributed by atoms with Gasteiger partial charge in [-0.1, -0.05) is 0 Å². The molecule has 7 nitrogen and oxygen atoms in total. The summed E-state index contributed by atoms with van der Waals surface area (Å²) in [6.07, 6.45) is 0. The van der Waals surface area contributed by atoms with Crippen molar-refractivity contribution in [2.45, 2.75) is 0 Å². The first-order chi connectivity index (χ1) is 7.29. The number of aromatic nitrogens is 3. The number of nitrogens with zero attached hydrogens (tertiary/aromatic N) is 4. The SMILES string of the molecule is COc1nc(N)nc(N2CCNCC2)n1. The first kappa shape index (κ1) is 9.91. The summed E-state index contributed by atoms with van der Waals surface area (Å²) in [5, 5.41) is 3.25. The summed E-state index contributed by atoms with van der Waals surface area (Å²) in [5.41, 5.74) is 5.56. The van der Waals surface area contributed by atoms with Gasteiger partial charge in [0.05, 0.1) is 7.11 Å². The van der Waals surface area contributed by atoms with Gasteiger partial charge in [0.1, 0.15) is 0 Å². The number of hydrogen-bond acceptors (Lipinski definition) is 7. The summed E-state index contributed by atoms with van der Waals surface area (Å²) in [7, 11) is 1.51. The lowest BCUT2D eigenvalue weighted by Crippen LogP contribution is -2.44. The molecule has 0 bridgehead atoms. The smallest absolute Gasteiger partial charge is 0.322 e. The standard InChI is InChI=1S/C8H14N6O/c1-15-8-12-6(9)11-7(13-8)14-4-2-10-3-5-14/h10H,2-5H2,1H3,(H2,9,11,12,13). The average molecular weight is 210 g/mol. The normalized spacial score (nSPS) is 16.5. The maximum absolute atomic E-state index is 5.56. The second-order valence-corrected chi connectivity index (χ2v) is 3.22. The Hall–Kier alpha value is -1.63. The molecule has 0 radical (unpaired) electrons. The van der Waals surface area contributed by atoms with Crippen LogP contribution >= 0.6 is 0 Å². The highest BCUT2D eigenvalue weighted by atomic mass is 16.5. The molecule has 1 saturated heterocycles. The minimum atomic E-state index is 0.190. The van der Waals surface area contributed by atoms with E-state index in [1.807, 2.05) is 0 Å². The fourth-order valence-corrected chi connectivity index (χ4v) is 1.46. The summed E-state index contributed by atoms with van der Waals surface area (Å²) in [6, 6.07) is 0.260. The number of nitrogen functional groups attached to an aromatic ring is 1. The Kier molecular flexibility index (Phi) is 2.82. The lowest BCUT2D eigenvalue weighted by atomic mass is 10.4. The number of anilines is 2. The Morgan fingerprint density at radius 1 is 1.27 bits per heavy atom. The lowest BCUT2D eigenvalue weighted by molar-refractivity contribution is 0.378. The van der Waals surface area contributed by atoms with Gasteiger partial charge in [0.2, 0.25) is 11.9 Å². The molecule has 0 aliphatic carbocycles. The second-order valence-electron chi connectivity index (χ2n) is 3.22. The van der Waals surface area contributed by atoms with Crippen molar-refractivity contribution in [2.24, 2.45) is 0 Å². The zero-order chi connectivity index (χ0) is 10.7. The predicted molar refractivity (Wildman–Crippen MR) is 55.9 cm³/mol. The summed E-state index contributed by atoms with van der Waals surface area (Å²) in [5.74, 6) is 0.774. The van der Waals surface area contributed by atoms with Crippen LogP contribution < -0.4 is 20.7 Å². The topological polar surface area (TPSA) is 89.2 Å². The summed E-state index contributed by atoms with van der Waals surface area (Å²) < 4.78 is 4.94. The van der Waals surface area contributed by atoms with Crippen LogP contribution in [-0.4, -0.2) is 48.2 Å². The summed E-state index contributed by atoms with van der Waals surface area (Å²) in [6.45, 7) is 3.58. The minimum Gasteiger partial charge on any atom is -0.467 e. The molecule has 1 aliphatic heterocycles. The second kappa shape index (κ2) is 4.26. The Morgan fingerprint density at radius 2 is 2.00 bits per heavy atom. The highest BCUT2D eigenvalue weighted by Crippen LogP contribution is 2.13. The minimum absolute atomic E-state index is 0.190. The van der Waals surface area contributed by atoms with Crippen molar-refractivity contribution in [1.82, 2.24) is 20.3 Å². The monoisotopic (exact) mass is 210 g/mol. The largest absolute Gasteiger partial charge is 0.467 e. The van der Waals surface area contributed by atoms with Gasteiger partial charge >= 0.3 is 6.01 Å². The molecular formula is C8H14N6O. The third-order valence-corrected chi connectivity index (χ3v) is 2.20. The van der Waals surface area contributed by atoms with E-state index >= 15 is 0 Å². The van der Waals surface area contributed by atoms with Gasteiger partial charge in [-0.05, 0) is 0 Å². The highest BCUT2D eigenvalue weighted by Gasteiger charge is 2.15. The van der Waals surface area contributed by atoms with Crippen LogP contribution in [0.25, 0.3) is 0 Å². The molecule has 0 spiro atoms. The van der Waals surface area contributed by atoms with Gasteiger partial charge < -0.3 is 20.7 Å². The van der Waals surface area contributed by atoms with E-state index < -0.39 is 0 Å². The fraction of sp³-hybridized carbons (Fsp3) is 0.625. The number of nitrogens with one attached hydrogen (secondary N) is 1. The van der Waals surface area contributed by atoms with Crippen LogP contribution in [0.15, 0.2) is 0 Å². The molecule has 82 valence electrons. The number of ether oxygens (including phenoxy) is 1. The number of piperazine rings is 1. The third kappa shape index (κ3) is 2.24. The van der Waals surface area contributed by atoms with E-state index in [9.17, 15) is 0 Å². The van der Waals surface area contributed by atoms with Crippen molar-refractivity contribution in [1.29, 1.82) is 0 Å². The maximum atomic E-state index is 5.56. The van der Waals surface area contributed by atoms with Crippen molar-refractivity contribution in [3.8, 4) is 6.01 Å². The van der Waals surface area contributed by atoms with E-state index in [1.165, 1.54) is 7.11 Å². The van der Waals surface area contributed by atoms with Gasteiger partial charge in [0.25, 0.3) is 0 Å². The molecule has 0 atom stereocenters. The molecule has 1 aromatic rings. The molecule has 15 heavy (non-hydrogen) atoms. The van der Waals surface area contributed by atoms with Crippen LogP contribution in [0, 0.1) is 0 Å². The molecule has 3 N–H and O–H groups in total. The first-order valence-electron chi connectivity index (χ1n) is 4.81. The summed E-state index contributed by atoms with van der Waals surface area (Å²) in [4.78, 5) is 14.1. The van der Waals surface area contributed by atoms with Crippen LogP contribution in [0.4, 0.5) is 11.9 Å². The van der Waals surface area contributed by atoms with E-state index in [-0.39, 0.29) is 12.0 Å². The molecule has 0 unspecified atom stereocenters. The number of nitrogens with two attached hydrogens (primary N) is 1.